The zero-order chi connectivity index (χ0) is 16.1. The number of quaternary nitrogens is 1. The summed E-state index contributed by atoms with van der Waals surface area (Å²) in [6, 6.07) is 0. The number of hydrogen-bond acceptors (Lipinski definition) is 3. The minimum Gasteiger partial charge on any atom is -0.544 e. The number of aliphatic carboxylic acids is 1. The highest BCUT2D eigenvalue weighted by molar-refractivity contribution is 5.65. The summed E-state index contributed by atoms with van der Waals surface area (Å²) in [5, 5.41) is 20.6. The number of carboxylic acids is 1. The summed E-state index contributed by atoms with van der Waals surface area (Å²) in [4.78, 5) is 10.6. The fourth-order valence-electron chi connectivity index (χ4n) is 2.77. The standard InChI is InChI=1S/C17H35NO3/c1-4-5-6-7-8-9-10-11-12-13-16(19)14-18(2,3)15-17(20)21/h16,19H,4-15H2,1-3H3. The fourth-order valence-corrected chi connectivity index (χ4v) is 2.77. The summed E-state index contributed by atoms with van der Waals surface area (Å²) in [5.41, 5.74) is 0. The SMILES string of the molecule is CCCCCCCCCCCC(O)C[N+](C)(C)CC(=O)[O-]. The van der Waals surface area contributed by atoms with E-state index in [9.17, 15) is 15.0 Å². The van der Waals surface area contributed by atoms with E-state index in [1.165, 1.54) is 51.4 Å². The van der Waals surface area contributed by atoms with Gasteiger partial charge in [0, 0.05) is 0 Å². The molecule has 0 saturated carbocycles. The van der Waals surface area contributed by atoms with Crippen molar-refractivity contribution in [3.05, 3.63) is 0 Å². The van der Waals surface area contributed by atoms with Crippen LogP contribution in [0.2, 0.25) is 0 Å². The van der Waals surface area contributed by atoms with Crippen LogP contribution in [0.4, 0.5) is 0 Å². The van der Waals surface area contributed by atoms with Crippen molar-refractivity contribution in [2.45, 2.75) is 77.2 Å². The van der Waals surface area contributed by atoms with Gasteiger partial charge >= 0.3 is 0 Å². The number of likely N-dealkylation sites (N-methyl/N-ethyl adjacent to an activating group) is 1. The molecule has 0 aromatic carbocycles. The summed E-state index contributed by atoms with van der Waals surface area (Å²) in [6.07, 6.45) is 11.8. The van der Waals surface area contributed by atoms with E-state index in [0.717, 1.165) is 12.8 Å². The quantitative estimate of drug-likeness (QED) is 0.395. The van der Waals surface area contributed by atoms with Crippen LogP contribution in [0.1, 0.15) is 71.1 Å². The molecule has 1 unspecified atom stereocenters. The number of rotatable bonds is 14. The zero-order valence-corrected chi connectivity index (χ0v) is 14.3. The molecular weight excluding hydrogens is 266 g/mol. The average Bonchev–Trinajstić information content (AvgIpc) is 2.34. The largest absolute Gasteiger partial charge is 0.544 e. The maximum absolute atomic E-state index is 10.6. The molecule has 0 aliphatic rings. The highest BCUT2D eigenvalue weighted by Gasteiger charge is 2.20. The molecule has 0 fully saturated rings. The van der Waals surface area contributed by atoms with Crippen molar-refractivity contribution in [2.24, 2.45) is 0 Å². The lowest BCUT2D eigenvalue weighted by atomic mass is 10.0. The Hall–Kier alpha value is -0.610. The van der Waals surface area contributed by atoms with E-state index in [-0.39, 0.29) is 11.0 Å². The summed E-state index contributed by atoms with van der Waals surface area (Å²) in [5.74, 6) is -1.06. The molecule has 126 valence electrons. The molecule has 4 heteroatoms. The molecule has 0 rings (SSSR count). The van der Waals surface area contributed by atoms with Crippen molar-refractivity contribution in [2.75, 3.05) is 27.2 Å². The van der Waals surface area contributed by atoms with Gasteiger partial charge in [-0.15, -0.1) is 0 Å². The number of carboxylic acid groups (broad SMARTS) is 1. The van der Waals surface area contributed by atoms with Crippen molar-refractivity contribution < 1.29 is 19.5 Å². The first-order valence-electron chi connectivity index (χ1n) is 8.57. The van der Waals surface area contributed by atoms with Crippen LogP contribution < -0.4 is 5.11 Å². The lowest BCUT2D eigenvalue weighted by molar-refractivity contribution is -0.887. The van der Waals surface area contributed by atoms with Gasteiger partial charge in [-0.05, 0) is 6.42 Å². The number of hydrogen-bond donors (Lipinski definition) is 1. The van der Waals surface area contributed by atoms with Crippen molar-refractivity contribution in [1.29, 1.82) is 0 Å². The molecule has 1 atom stereocenters. The number of aliphatic hydroxyl groups is 1. The Morgan fingerprint density at radius 2 is 1.48 bits per heavy atom. The Balaban J connectivity index is 3.49. The fraction of sp³-hybridized carbons (Fsp3) is 0.941. The van der Waals surface area contributed by atoms with Gasteiger partial charge in [0.15, 0.2) is 0 Å². The second-order valence-corrected chi connectivity index (χ2v) is 6.92. The number of nitrogens with zero attached hydrogens (tertiary/aromatic N) is 1. The molecule has 0 spiro atoms. The molecule has 21 heavy (non-hydrogen) atoms. The molecule has 0 bridgehead atoms. The molecule has 0 amide bonds. The number of aliphatic hydroxyl groups excluding tert-OH is 1. The number of unbranched alkanes of at least 4 members (excludes halogenated alkanes) is 8. The maximum Gasteiger partial charge on any atom is 0.119 e. The van der Waals surface area contributed by atoms with Crippen molar-refractivity contribution in [3.8, 4) is 0 Å². The van der Waals surface area contributed by atoms with Crippen LogP contribution in [0.3, 0.4) is 0 Å². The third-order valence-electron chi connectivity index (χ3n) is 3.90. The second-order valence-electron chi connectivity index (χ2n) is 6.92. The average molecular weight is 301 g/mol. The smallest absolute Gasteiger partial charge is 0.119 e. The maximum atomic E-state index is 10.6. The number of carbonyl (C=O) groups is 1. The van der Waals surface area contributed by atoms with Gasteiger partial charge in [-0.3, -0.25) is 0 Å². The normalized spacial score (nSPS) is 13.3. The van der Waals surface area contributed by atoms with Gasteiger partial charge in [0.25, 0.3) is 0 Å². The Labute approximate surface area is 130 Å². The van der Waals surface area contributed by atoms with Crippen LogP contribution in [0.15, 0.2) is 0 Å². The van der Waals surface area contributed by atoms with Gasteiger partial charge in [0.05, 0.1) is 20.1 Å². The van der Waals surface area contributed by atoms with Crippen LogP contribution in [0, 0.1) is 0 Å². The topological polar surface area (TPSA) is 60.4 Å². The van der Waals surface area contributed by atoms with Crippen molar-refractivity contribution in [3.63, 3.8) is 0 Å². The lowest BCUT2D eigenvalue weighted by Crippen LogP contribution is -2.51. The first kappa shape index (κ1) is 20.4. The van der Waals surface area contributed by atoms with E-state index in [0.29, 0.717) is 6.54 Å². The van der Waals surface area contributed by atoms with Crippen LogP contribution in [0.25, 0.3) is 0 Å². The minimum absolute atomic E-state index is 0.0468. The molecule has 1 N–H and O–H groups in total. The van der Waals surface area contributed by atoms with Crippen molar-refractivity contribution >= 4 is 5.97 Å². The molecular formula is C17H35NO3. The van der Waals surface area contributed by atoms with E-state index in [1.807, 2.05) is 14.1 Å². The molecule has 0 aromatic rings. The van der Waals surface area contributed by atoms with Gasteiger partial charge in [-0.2, -0.15) is 0 Å². The first-order valence-corrected chi connectivity index (χ1v) is 8.57. The predicted molar refractivity (Wildman–Crippen MR) is 84.7 cm³/mol. The third-order valence-corrected chi connectivity index (χ3v) is 3.90. The Bertz CT molecular complexity index is 267. The molecule has 0 aliphatic carbocycles. The highest BCUT2D eigenvalue weighted by atomic mass is 16.4. The Morgan fingerprint density at radius 3 is 1.95 bits per heavy atom. The van der Waals surface area contributed by atoms with Gasteiger partial charge in [0.1, 0.15) is 19.2 Å². The lowest BCUT2D eigenvalue weighted by Gasteiger charge is -2.32. The molecule has 0 saturated heterocycles. The van der Waals surface area contributed by atoms with Crippen LogP contribution in [0.5, 0.6) is 0 Å². The van der Waals surface area contributed by atoms with E-state index in [2.05, 4.69) is 6.92 Å². The molecule has 0 radical (unpaired) electrons. The van der Waals surface area contributed by atoms with E-state index < -0.39 is 12.1 Å². The highest BCUT2D eigenvalue weighted by Crippen LogP contribution is 2.12. The van der Waals surface area contributed by atoms with Crippen LogP contribution >= 0.6 is 0 Å². The van der Waals surface area contributed by atoms with Gasteiger partial charge in [-0.1, -0.05) is 64.7 Å². The summed E-state index contributed by atoms with van der Waals surface area (Å²) >= 11 is 0. The molecule has 4 nitrogen and oxygen atoms in total. The predicted octanol–water partition coefficient (Wildman–Crippen LogP) is 2.09. The first-order chi connectivity index (χ1) is 9.87. The minimum atomic E-state index is -1.06. The second kappa shape index (κ2) is 12.0. The van der Waals surface area contributed by atoms with E-state index in [1.54, 1.807) is 0 Å². The van der Waals surface area contributed by atoms with Crippen LogP contribution in [-0.4, -0.2) is 48.8 Å². The summed E-state index contributed by atoms with van der Waals surface area (Å²) < 4.78 is 0.279. The summed E-state index contributed by atoms with van der Waals surface area (Å²) in [6.45, 7) is 2.66. The van der Waals surface area contributed by atoms with Crippen molar-refractivity contribution in [1.82, 2.24) is 0 Å². The zero-order valence-electron chi connectivity index (χ0n) is 14.3. The molecule has 0 heterocycles. The van der Waals surface area contributed by atoms with Gasteiger partial charge in [-0.25, -0.2) is 0 Å². The Kier molecular flexibility index (Phi) is 11.6. The van der Waals surface area contributed by atoms with E-state index >= 15 is 0 Å². The molecule has 0 aromatic heterocycles. The van der Waals surface area contributed by atoms with Gasteiger partial charge in [0.2, 0.25) is 0 Å². The summed E-state index contributed by atoms with van der Waals surface area (Å²) in [7, 11) is 3.63. The number of carbonyl (C=O) groups excluding carboxylic acids is 1. The molecule has 0 aliphatic heterocycles. The monoisotopic (exact) mass is 301 g/mol. The third kappa shape index (κ3) is 14.1. The van der Waals surface area contributed by atoms with Gasteiger partial charge < -0.3 is 19.5 Å². The van der Waals surface area contributed by atoms with Crippen LogP contribution in [-0.2, 0) is 4.79 Å². The Morgan fingerprint density at radius 1 is 1.00 bits per heavy atom. The van der Waals surface area contributed by atoms with E-state index in [4.69, 9.17) is 0 Å².